The molecule has 0 heterocycles. The van der Waals surface area contributed by atoms with Crippen LogP contribution in [0, 0.1) is 5.82 Å². The third kappa shape index (κ3) is 4.41. The van der Waals surface area contributed by atoms with E-state index in [9.17, 15) is 17.9 Å². The van der Waals surface area contributed by atoms with Crippen LogP contribution < -0.4 is 10.5 Å². The Labute approximate surface area is 118 Å². The lowest BCUT2D eigenvalue weighted by Crippen LogP contribution is -2.47. The van der Waals surface area contributed by atoms with Crippen LogP contribution in [0.3, 0.4) is 0 Å². The minimum Gasteiger partial charge on any atom is -0.398 e. The topological polar surface area (TPSA) is 95.7 Å². The summed E-state index contributed by atoms with van der Waals surface area (Å²) in [5.41, 5.74) is 4.04. The molecule has 0 saturated carbocycles. The minimum atomic E-state index is -4.12. The van der Waals surface area contributed by atoms with E-state index < -0.39 is 26.3 Å². The van der Waals surface area contributed by atoms with E-state index in [0.717, 1.165) is 6.07 Å². The fraction of sp³-hybridized carbons (Fsp3) is 0.500. The van der Waals surface area contributed by atoms with Gasteiger partial charge in [-0.3, -0.25) is 0 Å². The Kier molecular flexibility index (Phi) is 5.09. The van der Waals surface area contributed by atoms with E-state index in [2.05, 4.69) is 4.72 Å². The molecule has 0 spiro atoms. The van der Waals surface area contributed by atoms with Crippen molar-refractivity contribution < 1.29 is 17.9 Å². The van der Waals surface area contributed by atoms with Gasteiger partial charge in [0.25, 0.3) is 0 Å². The van der Waals surface area contributed by atoms with E-state index in [1.165, 1.54) is 19.1 Å². The summed E-state index contributed by atoms with van der Waals surface area (Å²) in [4.78, 5) is 1.12. The van der Waals surface area contributed by atoms with Crippen LogP contribution in [0.4, 0.5) is 10.1 Å². The molecule has 6 nitrogen and oxygen atoms in total. The third-order valence-corrected chi connectivity index (χ3v) is 4.06. The van der Waals surface area contributed by atoms with Crippen molar-refractivity contribution in [3.8, 4) is 0 Å². The third-order valence-electron chi connectivity index (χ3n) is 2.57. The molecule has 0 bridgehead atoms. The van der Waals surface area contributed by atoms with E-state index in [1.54, 1.807) is 19.0 Å². The molecule has 0 aliphatic carbocycles. The van der Waals surface area contributed by atoms with Crippen LogP contribution in [-0.4, -0.2) is 51.2 Å². The highest BCUT2D eigenvalue weighted by Gasteiger charge is 2.27. The Hall–Kier alpha value is -1.22. The Morgan fingerprint density at radius 2 is 2.05 bits per heavy atom. The predicted molar refractivity (Wildman–Crippen MR) is 75.2 cm³/mol. The smallest absolute Gasteiger partial charge is 0.245 e. The molecule has 1 atom stereocenters. The van der Waals surface area contributed by atoms with E-state index in [0.29, 0.717) is 0 Å². The van der Waals surface area contributed by atoms with Gasteiger partial charge in [0.2, 0.25) is 10.0 Å². The second-order valence-corrected chi connectivity index (χ2v) is 6.92. The molecular weight excluding hydrogens is 285 g/mol. The maximum Gasteiger partial charge on any atom is 0.245 e. The fourth-order valence-corrected chi connectivity index (χ4v) is 3.22. The van der Waals surface area contributed by atoms with Crippen LogP contribution in [0.2, 0.25) is 0 Å². The second kappa shape index (κ2) is 6.04. The van der Waals surface area contributed by atoms with E-state index in [-0.39, 0.29) is 18.8 Å². The average Bonchev–Trinajstić information content (AvgIpc) is 2.24. The average molecular weight is 305 g/mol. The molecule has 1 aromatic carbocycles. The number of aliphatic hydroxyl groups is 1. The van der Waals surface area contributed by atoms with Crippen molar-refractivity contribution in [1.82, 2.24) is 9.62 Å². The molecule has 0 amide bonds. The molecule has 114 valence electrons. The number of benzene rings is 1. The minimum absolute atomic E-state index is 0.176. The maximum absolute atomic E-state index is 13.6. The van der Waals surface area contributed by atoms with Gasteiger partial charge in [0.05, 0.1) is 11.3 Å². The largest absolute Gasteiger partial charge is 0.398 e. The summed E-state index contributed by atoms with van der Waals surface area (Å²) in [6.45, 7) is 1.49. The molecule has 0 aliphatic heterocycles. The van der Waals surface area contributed by atoms with Crippen molar-refractivity contribution in [2.45, 2.75) is 17.4 Å². The zero-order valence-corrected chi connectivity index (χ0v) is 12.5. The highest BCUT2D eigenvalue weighted by atomic mass is 32.2. The number of nitrogens with two attached hydrogens (primary N) is 1. The Balaban J connectivity index is 2.92. The van der Waals surface area contributed by atoms with Gasteiger partial charge in [-0.1, -0.05) is 6.07 Å². The Morgan fingerprint density at radius 3 is 2.55 bits per heavy atom. The first kappa shape index (κ1) is 16.8. The first-order valence-corrected chi connectivity index (χ1v) is 7.44. The van der Waals surface area contributed by atoms with Crippen molar-refractivity contribution in [3.05, 3.63) is 24.0 Å². The normalized spacial score (nSPS) is 15.3. The van der Waals surface area contributed by atoms with Gasteiger partial charge in [-0.05, 0) is 33.2 Å². The van der Waals surface area contributed by atoms with Crippen molar-refractivity contribution in [2.75, 3.05) is 32.9 Å². The number of rotatable bonds is 6. The Morgan fingerprint density at radius 1 is 1.45 bits per heavy atom. The zero-order valence-electron chi connectivity index (χ0n) is 11.7. The molecule has 1 aromatic rings. The summed E-state index contributed by atoms with van der Waals surface area (Å²) < 4.78 is 39.9. The van der Waals surface area contributed by atoms with Crippen LogP contribution in [0.5, 0.6) is 0 Å². The van der Waals surface area contributed by atoms with E-state index >= 15 is 0 Å². The number of nitrogens with zero attached hydrogens (tertiary/aromatic N) is 1. The van der Waals surface area contributed by atoms with Crippen LogP contribution >= 0.6 is 0 Å². The number of hydrogen-bond donors (Lipinski definition) is 3. The first-order chi connectivity index (χ1) is 9.05. The fourth-order valence-electron chi connectivity index (χ4n) is 1.87. The highest BCUT2D eigenvalue weighted by molar-refractivity contribution is 7.89. The number of likely N-dealkylation sites (N-methyl/N-ethyl adjacent to an activating group) is 1. The molecule has 0 aromatic heterocycles. The Bertz CT molecular complexity index is 553. The number of nitrogens with one attached hydrogen (secondary N) is 1. The lowest BCUT2D eigenvalue weighted by atomic mass is 10.1. The number of anilines is 1. The molecule has 0 aliphatic rings. The summed E-state index contributed by atoms with van der Waals surface area (Å²) >= 11 is 0. The number of sulfonamides is 1. The lowest BCUT2D eigenvalue weighted by molar-refractivity contribution is 0.0386. The molecule has 0 saturated heterocycles. The predicted octanol–water partition coefficient (Wildman–Crippen LogP) is -0.00120. The number of halogens is 1. The van der Waals surface area contributed by atoms with Gasteiger partial charge in [0.1, 0.15) is 10.7 Å². The van der Waals surface area contributed by atoms with Gasteiger partial charge >= 0.3 is 0 Å². The van der Waals surface area contributed by atoms with Crippen molar-refractivity contribution in [2.24, 2.45) is 0 Å². The van der Waals surface area contributed by atoms with Gasteiger partial charge in [0.15, 0.2) is 0 Å². The van der Waals surface area contributed by atoms with Crippen LogP contribution in [-0.2, 0) is 10.0 Å². The molecular formula is C12H20FN3O3S. The van der Waals surface area contributed by atoms with Gasteiger partial charge in [-0.15, -0.1) is 0 Å². The van der Waals surface area contributed by atoms with Crippen LogP contribution in [0.25, 0.3) is 0 Å². The summed E-state index contributed by atoms with van der Waals surface area (Å²) in [7, 11) is -0.623. The SMILES string of the molecule is CN(C)CC(C)(O)CNS(=O)(=O)c1c(N)cccc1F. The summed E-state index contributed by atoms with van der Waals surface area (Å²) in [5, 5.41) is 10.0. The summed E-state index contributed by atoms with van der Waals surface area (Å²) in [6.07, 6.45) is 0. The summed E-state index contributed by atoms with van der Waals surface area (Å²) in [5.74, 6) is -0.926. The number of hydrogen-bond acceptors (Lipinski definition) is 5. The summed E-state index contributed by atoms with van der Waals surface area (Å²) in [6, 6.07) is 3.64. The van der Waals surface area contributed by atoms with Gasteiger partial charge in [-0.2, -0.15) is 0 Å². The number of nitrogen functional groups attached to an aromatic ring is 1. The first-order valence-electron chi connectivity index (χ1n) is 5.96. The van der Waals surface area contributed by atoms with Crippen molar-refractivity contribution in [1.29, 1.82) is 0 Å². The lowest BCUT2D eigenvalue weighted by Gasteiger charge is -2.27. The van der Waals surface area contributed by atoms with E-state index in [4.69, 9.17) is 5.73 Å². The maximum atomic E-state index is 13.6. The quantitative estimate of drug-likeness (QED) is 0.643. The molecule has 1 unspecified atom stereocenters. The van der Waals surface area contributed by atoms with Crippen LogP contribution in [0.15, 0.2) is 23.1 Å². The molecule has 4 N–H and O–H groups in total. The van der Waals surface area contributed by atoms with Crippen molar-refractivity contribution >= 4 is 15.7 Å². The van der Waals surface area contributed by atoms with Crippen LogP contribution in [0.1, 0.15) is 6.92 Å². The molecule has 0 radical (unpaired) electrons. The molecule has 8 heteroatoms. The van der Waals surface area contributed by atoms with E-state index in [1.807, 2.05) is 0 Å². The standard InChI is InChI=1S/C12H20FN3O3S/c1-12(17,8-16(2)3)7-15-20(18,19)11-9(13)5-4-6-10(11)14/h4-6,15,17H,7-8,14H2,1-3H3. The zero-order chi connectivity index (χ0) is 15.6. The molecule has 1 rings (SSSR count). The van der Waals surface area contributed by atoms with Gasteiger partial charge in [0, 0.05) is 13.1 Å². The van der Waals surface area contributed by atoms with Gasteiger partial charge in [-0.25, -0.2) is 17.5 Å². The van der Waals surface area contributed by atoms with Gasteiger partial charge < -0.3 is 15.7 Å². The highest BCUT2D eigenvalue weighted by Crippen LogP contribution is 2.21. The second-order valence-electron chi connectivity index (χ2n) is 5.22. The van der Waals surface area contributed by atoms with Crippen molar-refractivity contribution in [3.63, 3.8) is 0 Å². The monoisotopic (exact) mass is 305 g/mol. The molecule has 20 heavy (non-hydrogen) atoms. The molecule has 0 fully saturated rings.